The van der Waals surface area contributed by atoms with Crippen LogP contribution in [0.5, 0.6) is 0 Å². The average molecular weight is 490 g/mol. The maximum Gasteiger partial charge on any atom is 0.444 e. The van der Waals surface area contributed by atoms with Crippen molar-refractivity contribution in [2.75, 3.05) is 0 Å². The van der Waals surface area contributed by atoms with Crippen LogP contribution >= 0.6 is 34.8 Å². The van der Waals surface area contributed by atoms with Gasteiger partial charge in [-0.2, -0.15) is 26.3 Å². The van der Waals surface area contributed by atoms with Gasteiger partial charge in [-0.3, -0.25) is 0 Å². The van der Waals surface area contributed by atoms with E-state index in [0.717, 1.165) is 24.3 Å². The lowest BCUT2D eigenvalue weighted by atomic mass is 9.86. The first kappa shape index (κ1) is 22.7. The van der Waals surface area contributed by atoms with E-state index in [0.29, 0.717) is 0 Å². The van der Waals surface area contributed by atoms with Crippen molar-refractivity contribution >= 4 is 51.4 Å². The highest BCUT2D eigenvalue weighted by atomic mass is 35.5. The minimum atomic E-state index is -4.86. The third kappa shape index (κ3) is 4.53. The van der Waals surface area contributed by atoms with Crippen molar-refractivity contribution in [3.63, 3.8) is 0 Å². The van der Waals surface area contributed by atoms with Crippen LogP contribution in [0.15, 0.2) is 52.6 Å². The third-order valence-electron chi connectivity index (χ3n) is 4.18. The number of oxime groups is 1. The predicted molar refractivity (Wildman–Crippen MR) is 102 cm³/mol. The van der Waals surface area contributed by atoms with Crippen LogP contribution < -0.4 is 0 Å². The second-order valence-electron chi connectivity index (χ2n) is 6.24. The van der Waals surface area contributed by atoms with Crippen LogP contribution in [0.2, 0.25) is 10.0 Å². The van der Waals surface area contributed by atoms with Gasteiger partial charge in [0.15, 0.2) is 0 Å². The maximum absolute atomic E-state index is 13.9. The van der Waals surface area contributed by atoms with Gasteiger partial charge in [0, 0.05) is 22.0 Å². The first-order chi connectivity index (χ1) is 13.8. The van der Waals surface area contributed by atoms with Crippen LogP contribution in [-0.4, -0.2) is 23.2 Å². The zero-order valence-electron chi connectivity index (χ0n) is 14.5. The van der Waals surface area contributed by atoms with Gasteiger partial charge in [0.2, 0.25) is 5.17 Å². The fraction of sp³-hybridized carbons (Fsp3) is 0.222. The van der Waals surface area contributed by atoms with Crippen LogP contribution in [0.4, 0.5) is 32.0 Å². The second kappa shape index (κ2) is 7.94. The normalized spacial score (nSPS) is 20.2. The summed E-state index contributed by atoms with van der Waals surface area (Å²) in [5.74, 6) is 0. The maximum atomic E-state index is 13.9. The van der Waals surface area contributed by atoms with Crippen molar-refractivity contribution < 1.29 is 31.2 Å². The van der Waals surface area contributed by atoms with Crippen LogP contribution in [-0.2, 0) is 10.4 Å². The summed E-state index contributed by atoms with van der Waals surface area (Å²) in [5.41, 5.74) is -3.14. The summed E-state index contributed by atoms with van der Waals surface area (Å²) in [6, 6.07) is 8.29. The molecule has 0 aromatic heterocycles. The molecule has 3 nitrogen and oxygen atoms in total. The number of rotatable bonds is 3. The third-order valence-corrected chi connectivity index (χ3v) is 4.91. The average Bonchev–Trinajstić information content (AvgIpc) is 3.07. The summed E-state index contributed by atoms with van der Waals surface area (Å²) < 4.78 is 79.2. The number of alkyl halides is 6. The van der Waals surface area contributed by atoms with E-state index >= 15 is 0 Å². The van der Waals surface area contributed by atoms with Crippen molar-refractivity contribution in [3.05, 3.63) is 63.6 Å². The predicted octanol–water partition coefficient (Wildman–Crippen LogP) is 7.41. The molecule has 1 atom stereocenters. The van der Waals surface area contributed by atoms with Crippen molar-refractivity contribution in [1.82, 2.24) is 0 Å². The quantitative estimate of drug-likeness (QED) is 0.327. The summed E-state index contributed by atoms with van der Waals surface area (Å²) in [5, 5.41) is 1.96. The molecule has 2 aromatic carbocycles. The van der Waals surface area contributed by atoms with E-state index in [1.807, 2.05) is 0 Å². The van der Waals surface area contributed by atoms with Crippen molar-refractivity contribution in [3.8, 4) is 0 Å². The minimum absolute atomic E-state index is 0.0121. The lowest BCUT2D eigenvalue weighted by Gasteiger charge is -2.29. The Bertz CT molecular complexity index is 998. The highest BCUT2D eigenvalue weighted by molar-refractivity contribution is 6.67. The number of benzene rings is 2. The molecule has 0 saturated heterocycles. The second-order valence-corrected chi connectivity index (χ2v) is 7.47. The monoisotopic (exact) mass is 488 g/mol. The Labute approximate surface area is 180 Å². The molecule has 12 heteroatoms. The molecule has 0 bridgehead atoms. The Morgan fingerprint density at radius 2 is 1.53 bits per heavy atom. The molecule has 0 amide bonds. The molecule has 1 heterocycles. The molecule has 1 unspecified atom stereocenters. The van der Waals surface area contributed by atoms with Gasteiger partial charge >= 0.3 is 12.4 Å². The van der Waals surface area contributed by atoms with Gasteiger partial charge in [-0.25, -0.2) is 4.99 Å². The zero-order chi connectivity index (χ0) is 22.3. The highest BCUT2D eigenvalue weighted by Crippen LogP contribution is 2.49. The van der Waals surface area contributed by atoms with Crippen LogP contribution in [0.3, 0.4) is 0 Å². The van der Waals surface area contributed by atoms with E-state index in [1.165, 1.54) is 18.2 Å². The first-order valence-corrected chi connectivity index (χ1v) is 9.15. The molecular formula is C18H9Cl3F6N2O. The van der Waals surface area contributed by atoms with Gasteiger partial charge in [-0.15, -0.1) is 0 Å². The van der Waals surface area contributed by atoms with Crippen LogP contribution in [0, 0.1) is 0 Å². The lowest BCUT2D eigenvalue weighted by molar-refractivity contribution is -0.275. The molecule has 0 spiro atoms. The molecule has 160 valence electrons. The topological polar surface area (TPSA) is 34.0 Å². The fourth-order valence-electron chi connectivity index (χ4n) is 2.75. The first-order valence-electron chi connectivity index (χ1n) is 8.02. The number of hydrogen-bond acceptors (Lipinski definition) is 3. The Balaban J connectivity index is 1.91. The van der Waals surface area contributed by atoms with Gasteiger partial charge in [0.25, 0.3) is 5.60 Å². The number of hydrogen-bond donors (Lipinski definition) is 0. The van der Waals surface area contributed by atoms with Gasteiger partial charge in [-0.05, 0) is 35.9 Å². The summed E-state index contributed by atoms with van der Waals surface area (Å²) in [4.78, 5) is 8.07. The van der Waals surface area contributed by atoms with E-state index < -0.39 is 29.5 Å². The standard InChI is InChI=1S/C18H9Cl3F6N2O/c19-11-5-10(6-12(20)7-11)16(18(25,26)27)8-14(29-30-16)9-1-3-13(4-2-9)28-15(21)17(22,23)24/h1-7H,8H2/b28-15+. The van der Waals surface area contributed by atoms with Crippen molar-refractivity contribution in [2.24, 2.45) is 10.1 Å². The smallest absolute Gasteiger partial charge is 0.374 e. The number of halogens is 9. The van der Waals surface area contributed by atoms with Gasteiger partial charge in [0.05, 0.1) is 11.4 Å². The molecule has 0 N–H and O–H groups in total. The number of nitrogens with zero attached hydrogens (tertiary/aromatic N) is 2. The molecule has 0 fully saturated rings. The molecule has 0 radical (unpaired) electrons. The molecule has 3 rings (SSSR count). The van der Waals surface area contributed by atoms with E-state index in [-0.39, 0.29) is 32.6 Å². The molecule has 1 aliphatic heterocycles. The Morgan fingerprint density at radius 3 is 2.03 bits per heavy atom. The Hall–Kier alpha value is -1.97. The number of aliphatic imine (C=N–C) groups is 1. The van der Waals surface area contributed by atoms with E-state index in [1.54, 1.807) is 0 Å². The summed E-state index contributed by atoms with van der Waals surface area (Å²) >= 11 is 16.7. The molecule has 30 heavy (non-hydrogen) atoms. The molecule has 1 aliphatic rings. The molecule has 0 saturated carbocycles. The summed E-state index contributed by atoms with van der Waals surface area (Å²) in [6.45, 7) is 0. The van der Waals surface area contributed by atoms with Gasteiger partial charge < -0.3 is 4.84 Å². The molecule has 2 aromatic rings. The fourth-order valence-corrected chi connectivity index (χ4v) is 3.37. The largest absolute Gasteiger partial charge is 0.444 e. The van der Waals surface area contributed by atoms with Crippen LogP contribution in [0.1, 0.15) is 17.5 Å². The molecular weight excluding hydrogens is 481 g/mol. The van der Waals surface area contributed by atoms with Crippen LogP contribution in [0.25, 0.3) is 0 Å². The highest BCUT2D eigenvalue weighted by Gasteiger charge is 2.62. The summed E-state index contributed by atoms with van der Waals surface area (Å²) in [6.07, 6.45) is -10.4. The van der Waals surface area contributed by atoms with E-state index in [2.05, 4.69) is 10.1 Å². The SMILES string of the molecule is FC(F)(F)/C(Cl)=N\c1ccc(C2=NOC(c3cc(Cl)cc(Cl)c3)(C(F)(F)F)C2)cc1. The van der Waals surface area contributed by atoms with Gasteiger partial charge in [-0.1, -0.05) is 52.1 Å². The lowest BCUT2D eigenvalue weighted by Crippen LogP contribution is -2.42. The molecule has 0 aliphatic carbocycles. The Kier molecular flexibility index (Phi) is 6.01. The van der Waals surface area contributed by atoms with Crippen molar-refractivity contribution in [2.45, 2.75) is 24.4 Å². The summed E-state index contributed by atoms with van der Waals surface area (Å²) in [7, 11) is 0. The minimum Gasteiger partial charge on any atom is -0.374 e. The van der Waals surface area contributed by atoms with E-state index in [9.17, 15) is 26.3 Å². The van der Waals surface area contributed by atoms with Crippen molar-refractivity contribution in [1.29, 1.82) is 0 Å². The van der Waals surface area contributed by atoms with E-state index in [4.69, 9.17) is 39.6 Å². The Morgan fingerprint density at radius 1 is 0.967 bits per heavy atom. The zero-order valence-corrected chi connectivity index (χ0v) is 16.7. The van der Waals surface area contributed by atoms with Gasteiger partial charge in [0.1, 0.15) is 0 Å².